The van der Waals surface area contributed by atoms with Crippen LogP contribution < -0.4 is 10.6 Å². The Morgan fingerprint density at radius 2 is 1.67 bits per heavy atom. The average molecular weight is 292 g/mol. The van der Waals surface area contributed by atoms with E-state index < -0.39 is 5.97 Å². The van der Waals surface area contributed by atoms with Crippen LogP contribution in [0.3, 0.4) is 0 Å². The lowest BCUT2D eigenvalue weighted by molar-refractivity contribution is -0.136. The van der Waals surface area contributed by atoms with Crippen LogP contribution in [0, 0.1) is 0 Å². The molecule has 0 radical (unpaired) electrons. The maximum absolute atomic E-state index is 11.9. The Labute approximate surface area is 125 Å². The van der Waals surface area contributed by atoms with Gasteiger partial charge < -0.3 is 15.7 Å². The molecule has 0 aliphatic rings. The molecule has 0 fully saturated rings. The molecule has 0 saturated carbocycles. The van der Waals surface area contributed by atoms with E-state index in [1.807, 2.05) is 39.8 Å². The van der Waals surface area contributed by atoms with Gasteiger partial charge in [-0.05, 0) is 38.8 Å². The van der Waals surface area contributed by atoms with Gasteiger partial charge in [-0.2, -0.15) is 0 Å². The van der Waals surface area contributed by atoms with Crippen molar-refractivity contribution in [2.45, 2.75) is 52.2 Å². The van der Waals surface area contributed by atoms with Crippen LogP contribution in [-0.2, 0) is 22.6 Å². The molecule has 5 nitrogen and oxygen atoms in total. The van der Waals surface area contributed by atoms with Crippen LogP contribution in [0.4, 0.5) is 0 Å². The first-order chi connectivity index (χ1) is 9.67. The number of hydrogen-bond acceptors (Lipinski definition) is 3. The van der Waals surface area contributed by atoms with Crippen LogP contribution in [0.15, 0.2) is 24.3 Å². The van der Waals surface area contributed by atoms with E-state index in [1.165, 1.54) is 0 Å². The molecule has 0 saturated heterocycles. The summed E-state index contributed by atoms with van der Waals surface area (Å²) in [6.07, 6.45) is 0.0259. The number of rotatable bonds is 6. The maximum atomic E-state index is 11.9. The smallest absolute Gasteiger partial charge is 0.307 e. The molecule has 1 aromatic rings. The molecule has 1 unspecified atom stereocenters. The lowest BCUT2D eigenvalue weighted by atomic mass is 10.1. The third-order valence-electron chi connectivity index (χ3n) is 2.88. The number of hydrogen-bond donors (Lipinski definition) is 3. The monoisotopic (exact) mass is 292 g/mol. The molecule has 0 spiro atoms. The minimum atomic E-state index is -0.839. The molecular formula is C16H24N2O3. The molecule has 0 aliphatic heterocycles. The zero-order valence-electron chi connectivity index (χ0n) is 13.1. The average Bonchev–Trinajstić information content (AvgIpc) is 2.34. The van der Waals surface area contributed by atoms with E-state index in [4.69, 9.17) is 5.11 Å². The topological polar surface area (TPSA) is 78.4 Å². The van der Waals surface area contributed by atoms with E-state index >= 15 is 0 Å². The molecule has 1 rings (SSSR count). The summed E-state index contributed by atoms with van der Waals surface area (Å²) in [5, 5.41) is 14.8. The predicted octanol–water partition coefficient (Wildman–Crippen LogP) is 1.71. The van der Waals surface area contributed by atoms with Crippen LogP contribution >= 0.6 is 0 Å². The second-order valence-electron chi connectivity index (χ2n) is 6.23. The summed E-state index contributed by atoms with van der Waals surface area (Å²) in [5.74, 6) is -0.877. The molecule has 116 valence electrons. The largest absolute Gasteiger partial charge is 0.481 e. The van der Waals surface area contributed by atoms with Gasteiger partial charge in [0.05, 0.1) is 12.5 Å². The van der Waals surface area contributed by atoms with Gasteiger partial charge in [0, 0.05) is 12.1 Å². The van der Waals surface area contributed by atoms with E-state index in [2.05, 4.69) is 10.6 Å². The number of carbonyl (C=O) groups excluding carboxylic acids is 1. The minimum Gasteiger partial charge on any atom is -0.481 e. The second kappa shape index (κ2) is 7.22. The number of carboxylic acids is 1. The molecule has 0 aliphatic carbocycles. The highest BCUT2D eigenvalue weighted by Gasteiger charge is 2.18. The first-order valence-electron chi connectivity index (χ1n) is 7.02. The van der Waals surface area contributed by atoms with Gasteiger partial charge in [0.15, 0.2) is 0 Å². The van der Waals surface area contributed by atoms with Gasteiger partial charge in [-0.1, -0.05) is 24.3 Å². The Bertz CT molecular complexity index is 489. The Kier molecular flexibility index (Phi) is 5.90. The second-order valence-corrected chi connectivity index (χ2v) is 6.23. The third kappa shape index (κ3) is 6.90. The normalized spacial score (nSPS) is 12.8. The molecule has 0 bridgehead atoms. The first-order valence-corrected chi connectivity index (χ1v) is 7.02. The van der Waals surface area contributed by atoms with Crippen molar-refractivity contribution in [2.75, 3.05) is 0 Å². The van der Waals surface area contributed by atoms with Crippen molar-refractivity contribution in [3.8, 4) is 0 Å². The molecular weight excluding hydrogens is 268 g/mol. The molecule has 21 heavy (non-hydrogen) atoms. The summed E-state index contributed by atoms with van der Waals surface area (Å²) in [4.78, 5) is 22.5. The highest BCUT2D eigenvalue weighted by atomic mass is 16.4. The van der Waals surface area contributed by atoms with E-state index in [1.54, 1.807) is 12.1 Å². The molecule has 1 amide bonds. The number of benzene rings is 1. The molecule has 1 aromatic carbocycles. The lowest BCUT2D eigenvalue weighted by Gasteiger charge is -2.23. The van der Waals surface area contributed by atoms with Crippen LogP contribution in [-0.4, -0.2) is 28.6 Å². The van der Waals surface area contributed by atoms with Gasteiger partial charge >= 0.3 is 5.97 Å². The number of amides is 1. The summed E-state index contributed by atoms with van der Waals surface area (Å²) in [5.41, 5.74) is 1.54. The quantitative estimate of drug-likeness (QED) is 0.746. The van der Waals surface area contributed by atoms with Gasteiger partial charge in [-0.25, -0.2) is 0 Å². The molecule has 3 N–H and O–H groups in total. The standard InChI is InChI=1S/C16H24N2O3/c1-11(15(21)18-16(2,3)4)17-10-13-7-5-12(6-8-13)9-14(19)20/h5-8,11,17H,9-10H2,1-4H3,(H,18,21)(H,19,20). The zero-order chi connectivity index (χ0) is 16.0. The number of carboxylic acid groups (broad SMARTS) is 1. The fourth-order valence-electron chi connectivity index (χ4n) is 1.79. The highest BCUT2D eigenvalue weighted by molar-refractivity contribution is 5.81. The predicted molar refractivity (Wildman–Crippen MR) is 82.0 cm³/mol. The Balaban J connectivity index is 2.47. The van der Waals surface area contributed by atoms with Crippen LogP contribution in [0.2, 0.25) is 0 Å². The third-order valence-corrected chi connectivity index (χ3v) is 2.88. The molecule has 1 atom stereocenters. The molecule has 5 heteroatoms. The molecule has 0 aromatic heterocycles. The van der Waals surface area contributed by atoms with Crippen molar-refractivity contribution in [2.24, 2.45) is 0 Å². The van der Waals surface area contributed by atoms with Gasteiger partial charge in [0.2, 0.25) is 5.91 Å². The molecule has 0 heterocycles. The highest BCUT2D eigenvalue weighted by Crippen LogP contribution is 2.06. The summed E-state index contributed by atoms with van der Waals surface area (Å²) in [7, 11) is 0. The van der Waals surface area contributed by atoms with Gasteiger partial charge in [-0.15, -0.1) is 0 Å². The van der Waals surface area contributed by atoms with Gasteiger partial charge in [-0.3, -0.25) is 9.59 Å². The van der Waals surface area contributed by atoms with Crippen LogP contribution in [0.25, 0.3) is 0 Å². The van der Waals surface area contributed by atoms with Crippen molar-refractivity contribution < 1.29 is 14.7 Å². The van der Waals surface area contributed by atoms with Crippen molar-refractivity contribution in [1.82, 2.24) is 10.6 Å². The van der Waals surface area contributed by atoms with E-state index in [0.717, 1.165) is 11.1 Å². The van der Waals surface area contributed by atoms with Crippen molar-refractivity contribution in [3.05, 3.63) is 35.4 Å². The summed E-state index contributed by atoms with van der Waals surface area (Å²) in [6, 6.07) is 7.05. The fourth-order valence-corrected chi connectivity index (χ4v) is 1.79. The van der Waals surface area contributed by atoms with Crippen molar-refractivity contribution in [1.29, 1.82) is 0 Å². The van der Waals surface area contributed by atoms with E-state index in [9.17, 15) is 9.59 Å². The van der Waals surface area contributed by atoms with Gasteiger partial charge in [0.1, 0.15) is 0 Å². The minimum absolute atomic E-state index is 0.0259. The first kappa shape index (κ1) is 17.2. The fraction of sp³-hybridized carbons (Fsp3) is 0.500. The maximum Gasteiger partial charge on any atom is 0.307 e. The Morgan fingerprint density at radius 1 is 1.14 bits per heavy atom. The summed E-state index contributed by atoms with van der Waals surface area (Å²) in [6.45, 7) is 8.21. The zero-order valence-corrected chi connectivity index (χ0v) is 13.1. The van der Waals surface area contributed by atoms with Crippen LogP contribution in [0.5, 0.6) is 0 Å². The van der Waals surface area contributed by atoms with Crippen LogP contribution in [0.1, 0.15) is 38.8 Å². The van der Waals surface area contributed by atoms with Crippen molar-refractivity contribution in [3.63, 3.8) is 0 Å². The van der Waals surface area contributed by atoms with Crippen molar-refractivity contribution >= 4 is 11.9 Å². The Morgan fingerprint density at radius 3 is 2.14 bits per heavy atom. The summed E-state index contributed by atoms with van der Waals surface area (Å²) < 4.78 is 0. The van der Waals surface area contributed by atoms with E-state index in [0.29, 0.717) is 6.54 Å². The number of nitrogens with one attached hydrogen (secondary N) is 2. The Hall–Kier alpha value is -1.88. The van der Waals surface area contributed by atoms with Gasteiger partial charge in [0.25, 0.3) is 0 Å². The summed E-state index contributed by atoms with van der Waals surface area (Å²) >= 11 is 0. The SMILES string of the molecule is CC(NCc1ccc(CC(=O)O)cc1)C(=O)NC(C)(C)C. The van der Waals surface area contributed by atoms with E-state index in [-0.39, 0.29) is 23.9 Å². The lowest BCUT2D eigenvalue weighted by Crippen LogP contribution is -2.49. The number of aliphatic carboxylic acids is 1. The number of carbonyl (C=O) groups is 2.